The normalized spacial score (nSPS) is 16.1. The van der Waals surface area contributed by atoms with Crippen molar-refractivity contribution in [3.63, 3.8) is 0 Å². The number of rotatable bonds is 7. The lowest BCUT2D eigenvalue weighted by atomic mass is 10.1. The minimum absolute atomic E-state index is 0.0335. The summed E-state index contributed by atoms with van der Waals surface area (Å²) in [7, 11) is 0. The number of pyridine rings is 1. The van der Waals surface area contributed by atoms with E-state index >= 15 is 0 Å². The largest absolute Gasteiger partial charge is 0.384 e. The van der Waals surface area contributed by atoms with Gasteiger partial charge in [-0.05, 0) is 37.1 Å². The summed E-state index contributed by atoms with van der Waals surface area (Å²) in [6, 6.07) is 14.5. The first-order chi connectivity index (χ1) is 13.8. The van der Waals surface area contributed by atoms with Crippen LogP contribution in [0.25, 0.3) is 0 Å². The Labute approximate surface area is 168 Å². The first-order valence-corrected chi connectivity index (χ1v) is 10.4. The highest BCUT2D eigenvalue weighted by Crippen LogP contribution is 2.37. The fourth-order valence-electron chi connectivity index (χ4n) is 3.47. The average Bonchev–Trinajstić information content (AvgIpc) is 3.39. The molecule has 0 bridgehead atoms. The van der Waals surface area contributed by atoms with Crippen LogP contribution in [0.3, 0.4) is 0 Å². The van der Waals surface area contributed by atoms with Gasteiger partial charge in [-0.3, -0.25) is 9.78 Å². The van der Waals surface area contributed by atoms with Crippen LogP contribution in [0.2, 0.25) is 0 Å². The number of anilines is 3. The first kappa shape index (κ1) is 18.4. The van der Waals surface area contributed by atoms with Gasteiger partial charge in [-0.1, -0.05) is 18.2 Å². The number of aromatic nitrogens is 2. The van der Waals surface area contributed by atoms with Gasteiger partial charge < -0.3 is 15.5 Å². The molecule has 1 amide bonds. The van der Waals surface area contributed by atoms with Gasteiger partial charge in [0.1, 0.15) is 0 Å². The molecule has 1 unspecified atom stereocenters. The Hall–Kier alpha value is -2.93. The van der Waals surface area contributed by atoms with Crippen molar-refractivity contribution in [2.75, 3.05) is 28.6 Å². The molecule has 2 N–H and O–H groups in total. The third kappa shape index (κ3) is 4.48. The molecule has 0 spiro atoms. The van der Waals surface area contributed by atoms with Crippen LogP contribution in [0, 0.1) is 0 Å². The molecule has 1 aliphatic rings. The molecule has 144 valence electrons. The van der Waals surface area contributed by atoms with Crippen molar-refractivity contribution in [2.24, 2.45) is 0 Å². The molecule has 1 aliphatic heterocycles. The van der Waals surface area contributed by atoms with E-state index in [4.69, 9.17) is 4.98 Å². The maximum atomic E-state index is 12.2. The quantitative estimate of drug-likeness (QED) is 0.626. The lowest BCUT2D eigenvalue weighted by Crippen LogP contribution is -2.22. The maximum absolute atomic E-state index is 12.2. The fraction of sp³-hybridized carbons (Fsp3) is 0.286. The minimum Gasteiger partial charge on any atom is -0.384 e. The molecule has 6 nitrogen and oxygen atoms in total. The molecule has 0 radical (unpaired) electrons. The number of nitrogens with one attached hydrogen (secondary N) is 2. The Bertz CT molecular complexity index is 899. The molecule has 3 heterocycles. The average molecular weight is 394 g/mol. The van der Waals surface area contributed by atoms with Gasteiger partial charge in [-0.15, -0.1) is 11.3 Å². The zero-order valence-electron chi connectivity index (χ0n) is 15.5. The molecule has 1 aromatic carbocycles. The molecule has 28 heavy (non-hydrogen) atoms. The number of carbonyl (C=O) groups excluding carboxylic acids is 1. The number of para-hydroxylation sites is 1. The summed E-state index contributed by atoms with van der Waals surface area (Å²) < 4.78 is 0. The van der Waals surface area contributed by atoms with Gasteiger partial charge in [0.2, 0.25) is 5.91 Å². The molecular weight excluding hydrogens is 370 g/mol. The van der Waals surface area contributed by atoms with Gasteiger partial charge in [-0.2, -0.15) is 0 Å². The summed E-state index contributed by atoms with van der Waals surface area (Å²) >= 11 is 1.49. The van der Waals surface area contributed by atoms with Crippen LogP contribution >= 0.6 is 11.3 Å². The van der Waals surface area contributed by atoms with Crippen LogP contribution in [-0.2, 0) is 4.79 Å². The van der Waals surface area contributed by atoms with Crippen LogP contribution < -0.4 is 15.5 Å². The third-order valence-corrected chi connectivity index (χ3v) is 5.59. The number of carbonyl (C=O) groups is 1. The smallest absolute Gasteiger partial charge is 0.227 e. The lowest BCUT2D eigenvalue weighted by Gasteiger charge is -2.25. The molecule has 0 saturated carbocycles. The second kappa shape index (κ2) is 8.84. The van der Waals surface area contributed by atoms with E-state index in [1.165, 1.54) is 17.0 Å². The number of amides is 1. The predicted molar refractivity (Wildman–Crippen MR) is 114 cm³/mol. The topological polar surface area (TPSA) is 70.1 Å². The number of hydrogen-bond acceptors (Lipinski definition) is 6. The number of benzene rings is 1. The zero-order chi connectivity index (χ0) is 19.2. The van der Waals surface area contributed by atoms with Crippen molar-refractivity contribution in [3.8, 4) is 0 Å². The molecular formula is C21H23N5OS. The van der Waals surface area contributed by atoms with E-state index < -0.39 is 0 Å². The lowest BCUT2D eigenvalue weighted by molar-refractivity contribution is -0.115. The Morgan fingerprint density at radius 2 is 2.00 bits per heavy atom. The summed E-state index contributed by atoms with van der Waals surface area (Å²) in [6.07, 6.45) is 6.07. The molecule has 2 aromatic heterocycles. The monoisotopic (exact) mass is 393 g/mol. The second-order valence-electron chi connectivity index (χ2n) is 6.73. The standard InChI is InChI=1S/C21H23N5OS/c27-20(10-13-23-16-8-11-22-12-9-16)25-21-24-18(15-28-21)19-7-4-14-26(19)17-5-2-1-3-6-17/h1-3,5-6,8-9,11-12,15,19H,4,7,10,13-14H2,(H,22,23)(H,24,25,27). The Kier molecular flexibility index (Phi) is 5.82. The van der Waals surface area contributed by atoms with Gasteiger partial charge in [0.15, 0.2) is 5.13 Å². The summed E-state index contributed by atoms with van der Waals surface area (Å²) in [6.45, 7) is 1.60. The Balaban J connectivity index is 1.32. The van der Waals surface area contributed by atoms with E-state index in [0.717, 1.165) is 30.8 Å². The van der Waals surface area contributed by atoms with E-state index in [1.807, 2.05) is 18.2 Å². The highest BCUT2D eigenvalue weighted by molar-refractivity contribution is 7.13. The van der Waals surface area contributed by atoms with Crippen LogP contribution in [0.5, 0.6) is 0 Å². The van der Waals surface area contributed by atoms with Crippen LogP contribution in [-0.4, -0.2) is 29.0 Å². The van der Waals surface area contributed by atoms with E-state index in [2.05, 4.69) is 50.2 Å². The van der Waals surface area contributed by atoms with Crippen molar-refractivity contribution >= 4 is 33.8 Å². The van der Waals surface area contributed by atoms with Crippen molar-refractivity contribution in [1.82, 2.24) is 9.97 Å². The molecule has 1 saturated heterocycles. The second-order valence-corrected chi connectivity index (χ2v) is 7.58. The van der Waals surface area contributed by atoms with Gasteiger partial charge >= 0.3 is 0 Å². The molecule has 0 aliphatic carbocycles. The molecule has 1 atom stereocenters. The van der Waals surface area contributed by atoms with Crippen molar-refractivity contribution in [3.05, 3.63) is 65.9 Å². The van der Waals surface area contributed by atoms with Crippen LogP contribution in [0.4, 0.5) is 16.5 Å². The molecule has 3 aromatic rings. The fourth-order valence-corrected chi connectivity index (χ4v) is 4.24. The maximum Gasteiger partial charge on any atom is 0.227 e. The predicted octanol–water partition coefficient (Wildman–Crippen LogP) is 4.32. The van der Waals surface area contributed by atoms with Crippen molar-refractivity contribution in [1.29, 1.82) is 0 Å². The van der Waals surface area contributed by atoms with E-state index in [-0.39, 0.29) is 11.9 Å². The number of nitrogens with zero attached hydrogens (tertiary/aromatic N) is 3. The SMILES string of the molecule is O=C(CCNc1ccncc1)Nc1nc(C2CCCN2c2ccccc2)cs1. The zero-order valence-corrected chi connectivity index (χ0v) is 16.4. The summed E-state index contributed by atoms with van der Waals surface area (Å²) in [5.41, 5.74) is 3.23. The summed E-state index contributed by atoms with van der Waals surface area (Å²) in [5, 5.41) is 8.87. The minimum atomic E-state index is -0.0335. The van der Waals surface area contributed by atoms with Crippen LogP contribution in [0.1, 0.15) is 31.0 Å². The highest BCUT2D eigenvalue weighted by Gasteiger charge is 2.28. The van der Waals surface area contributed by atoms with E-state index in [0.29, 0.717) is 18.1 Å². The van der Waals surface area contributed by atoms with Gasteiger partial charge in [0.05, 0.1) is 11.7 Å². The summed E-state index contributed by atoms with van der Waals surface area (Å²) in [5.74, 6) is -0.0335. The van der Waals surface area contributed by atoms with Gasteiger partial charge in [0, 0.05) is 48.7 Å². The van der Waals surface area contributed by atoms with Crippen LogP contribution in [0.15, 0.2) is 60.2 Å². The van der Waals surface area contributed by atoms with Gasteiger partial charge in [0.25, 0.3) is 0 Å². The molecule has 7 heteroatoms. The van der Waals surface area contributed by atoms with Crippen molar-refractivity contribution < 1.29 is 4.79 Å². The Morgan fingerprint density at radius 3 is 2.82 bits per heavy atom. The third-order valence-electron chi connectivity index (χ3n) is 4.81. The number of hydrogen-bond donors (Lipinski definition) is 2. The van der Waals surface area contributed by atoms with Crippen molar-refractivity contribution in [2.45, 2.75) is 25.3 Å². The summed E-state index contributed by atoms with van der Waals surface area (Å²) in [4.78, 5) is 23.3. The van der Waals surface area contributed by atoms with Gasteiger partial charge in [-0.25, -0.2) is 4.98 Å². The highest BCUT2D eigenvalue weighted by atomic mass is 32.1. The molecule has 4 rings (SSSR count). The van der Waals surface area contributed by atoms with E-state index in [9.17, 15) is 4.79 Å². The number of thiazole rings is 1. The van der Waals surface area contributed by atoms with E-state index in [1.54, 1.807) is 12.4 Å². The first-order valence-electron chi connectivity index (χ1n) is 9.50. The Morgan fingerprint density at radius 1 is 1.18 bits per heavy atom. The molecule has 1 fully saturated rings.